The van der Waals surface area contributed by atoms with Gasteiger partial charge in [0, 0.05) is 5.56 Å². The standard InChI is InChI=1S/C32H30N2O3S/c1-5-37-31(36)27-28(24-12-7-6-8-13-24)33-32-34(29(27)25-16-14-23(15-17-25)20(2)3)30(35)26(38-32)19-22-11-9-10-21(4)18-22/h6-20,29H,5H2,1-4H3/b26-19+/t29-/m1/s1. The van der Waals surface area contributed by atoms with Gasteiger partial charge in [-0.05, 0) is 42.5 Å². The third kappa shape index (κ3) is 4.92. The maximum absolute atomic E-state index is 13.9. The third-order valence-corrected chi connectivity index (χ3v) is 7.62. The van der Waals surface area contributed by atoms with Crippen molar-refractivity contribution in [2.24, 2.45) is 4.99 Å². The second kappa shape index (κ2) is 10.8. The molecule has 1 aliphatic rings. The molecule has 0 N–H and O–H groups in total. The van der Waals surface area contributed by atoms with E-state index < -0.39 is 12.0 Å². The zero-order valence-corrected chi connectivity index (χ0v) is 22.8. The highest BCUT2D eigenvalue weighted by atomic mass is 32.1. The Labute approximate surface area is 226 Å². The van der Waals surface area contributed by atoms with Crippen LogP contribution in [0, 0.1) is 6.92 Å². The number of aryl methyl sites for hydroxylation is 1. The first-order chi connectivity index (χ1) is 18.4. The molecule has 0 saturated carbocycles. The summed E-state index contributed by atoms with van der Waals surface area (Å²) >= 11 is 1.34. The number of aromatic nitrogens is 1. The van der Waals surface area contributed by atoms with E-state index in [1.807, 2.05) is 79.7 Å². The smallest absolute Gasteiger partial charge is 0.338 e. The molecule has 0 unspecified atom stereocenters. The van der Waals surface area contributed by atoms with Gasteiger partial charge < -0.3 is 4.74 Å². The molecule has 4 aromatic rings. The Morgan fingerprint density at radius 1 is 1.05 bits per heavy atom. The topological polar surface area (TPSA) is 60.7 Å². The van der Waals surface area contributed by atoms with Gasteiger partial charge in [0.1, 0.15) is 0 Å². The Hall–Kier alpha value is -4.03. The predicted molar refractivity (Wildman–Crippen MR) is 153 cm³/mol. The van der Waals surface area contributed by atoms with E-state index in [1.165, 1.54) is 16.9 Å². The number of nitrogens with zero attached hydrogens (tertiary/aromatic N) is 2. The van der Waals surface area contributed by atoms with Crippen molar-refractivity contribution in [1.29, 1.82) is 0 Å². The van der Waals surface area contributed by atoms with Crippen LogP contribution < -0.4 is 14.9 Å². The molecule has 3 aromatic carbocycles. The molecule has 38 heavy (non-hydrogen) atoms. The highest BCUT2D eigenvalue weighted by molar-refractivity contribution is 7.07. The van der Waals surface area contributed by atoms with Crippen molar-refractivity contribution in [3.8, 4) is 0 Å². The van der Waals surface area contributed by atoms with Crippen LogP contribution in [0.5, 0.6) is 0 Å². The van der Waals surface area contributed by atoms with Gasteiger partial charge in [0.25, 0.3) is 5.56 Å². The minimum Gasteiger partial charge on any atom is -0.463 e. The summed E-state index contributed by atoms with van der Waals surface area (Å²) < 4.78 is 7.75. The van der Waals surface area contributed by atoms with Gasteiger partial charge >= 0.3 is 5.97 Å². The molecule has 1 aliphatic heterocycles. The van der Waals surface area contributed by atoms with Gasteiger partial charge in [0.15, 0.2) is 4.80 Å². The quantitative estimate of drug-likeness (QED) is 0.320. The van der Waals surface area contributed by atoms with Gasteiger partial charge in [0.2, 0.25) is 0 Å². The second-order valence-electron chi connectivity index (χ2n) is 9.67. The van der Waals surface area contributed by atoms with Crippen LogP contribution in [0.2, 0.25) is 0 Å². The Kier molecular flexibility index (Phi) is 7.25. The average Bonchev–Trinajstić information content (AvgIpc) is 3.22. The summed E-state index contributed by atoms with van der Waals surface area (Å²) in [6.45, 7) is 8.31. The Balaban J connectivity index is 1.82. The van der Waals surface area contributed by atoms with Crippen LogP contribution >= 0.6 is 11.3 Å². The van der Waals surface area contributed by atoms with E-state index in [-0.39, 0.29) is 12.2 Å². The molecule has 0 bridgehead atoms. The summed E-state index contributed by atoms with van der Waals surface area (Å²) in [7, 11) is 0. The molecule has 0 saturated heterocycles. The average molecular weight is 523 g/mol. The normalized spacial score (nSPS) is 15.4. The minimum absolute atomic E-state index is 0.179. The molecule has 0 amide bonds. The zero-order valence-electron chi connectivity index (χ0n) is 22.0. The lowest BCUT2D eigenvalue weighted by Gasteiger charge is -2.26. The molecule has 0 radical (unpaired) electrons. The maximum Gasteiger partial charge on any atom is 0.338 e. The van der Waals surface area contributed by atoms with Crippen molar-refractivity contribution in [3.63, 3.8) is 0 Å². The lowest BCUT2D eigenvalue weighted by molar-refractivity contribution is -0.138. The van der Waals surface area contributed by atoms with E-state index >= 15 is 0 Å². The first-order valence-electron chi connectivity index (χ1n) is 12.8. The summed E-state index contributed by atoms with van der Waals surface area (Å²) in [5, 5.41) is 0. The second-order valence-corrected chi connectivity index (χ2v) is 10.7. The van der Waals surface area contributed by atoms with Crippen LogP contribution in [0.4, 0.5) is 0 Å². The molecule has 1 aromatic heterocycles. The third-order valence-electron chi connectivity index (χ3n) is 6.63. The largest absolute Gasteiger partial charge is 0.463 e. The number of hydrogen-bond acceptors (Lipinski definition) is 5. The van der Waals surface area contributed by atoms with Gasteiger partial charge in [-0.3, -0.25) is 9.36 Å². The van der Waals surface area contributed by atoms with Crippen molar-refractivity contribution < 1.29 is 9.53 Å². The fourth-order valence-corrected chi connectivity index (χ4v) is 5.73. The number of rotatable bonds is 6. The van der Waals surface area contributed by atoms with Gasteiger partial charge in [-0.1, -0.05) is 110 Å². The Morgan fingerprint density at radius 2 is 1.79 bits per heavy atom. The van der Waals surface area contributed by atoms with Gasteiger partial charge in [0.05, 0.1) is 28.5 Å². The highest BCUT2D eigenvalue weighted by Gasteiger charge is 2.35. The molecule has 6 heteroatoms. The van der Waals surface area contributed by atoms with Crippen molar-refractivity contribution in [1.82, 2.24) is 4.57 Å². The number of carbonyl (C=O) groups is 1. The van der Waals surface area contributed by atoms with Crippen molar-refractivity contribution in [3.05, 3.63) is 132 Å². The molecule has 0 aliphatic carbocycles. The van der Waals surface area contributed by atoms with Crippen LogP contribution in [0.25, 0.3) is 11.8 Å². The summed E-state index contributed by atoms with van der Waals surface area (Å²) in [6, 6.07) is 25.1. The molecule has 192 valence electrons. The predicted octanol–water partition coefficient (Wildman–Crippen LogP) is 5.37. The number of ether oxygens (including phenoxy) is 1. The molecular weight excluding hydrogens is 492 g/mol. The summed E-state index contributed by atoms with van der Waals surface area (Å²) in [5.41, 5.74) is 5.61. The van der Waals surface area contributed by atoms with Crippen LogP contribution in [-0.4, -0.2) is 17.1 Å². The summed E-state index contributed by atoms with van der Waals surface area (Å²) in [5.74, 6) is -0.110. The van der Waals surface area contributed by atoms with Crippen LogP contribution in [0.15, 0.2) is 94.2 Å². The van der Waals surface area contributed by atoms with E-state index in [2.05, 4.69) is 26.0 Å². The monoisotopic (exact) mass is 522 g/mol. The van der Waals surface area contributed by atoms with Crippen molar-refractivity contribution >= 4 is 29.1 Å². The fourth-order valence-electron chi connectivity index (χ4n) is 4.73. The maximum atomic E-state index is 13.9. The van der Waals surface area contributed by atoms with E-state index in [0.29, 0.717) is 26.5 Å². The van der Waals surface area contributed by atoms with Crippen molar-refractivity contribution in [2.45, 2.75) is 39.7 Å². The molecular formula is C32H30N2O3S. The highest BCUT2D eigenvalue weighted by Crippen LogP contribution is 2.35. The number of benzene rings is 3. The van der Waals surface area contributed by atoms with E-state index in [9.17, 15) is 9.59 Å². The molecule has 5 rings (SSSR count). The number of fused-ring (bicyclic) bond motifs is 1. The van der Waals surface area contributed by atoms with E-state index in [0.717, 1.165) is 22.3 Å². The number of carbonyl (C=O) groups excluding carboxylic acids is 1. The summed E-state index contributed by atoms with van der Waals surface area (Å²) in [6.07, 6.45) is 1.89. The lowest BCUT2D eigenvalue weighted by atomic mass is 9.91. The van der Waals surface area contributed by atoms with Crippen molar-refractivity contribution in [2.75, 3.05) is 6.61 Å². The molecule has 0 spiro atoms. The first-order valence-corrected chi connectivity index (χ1v) is 13.6. The molecule has 0 fully saturated rings. The molecule has 5 nitrogen and oxygen atoms in total. The summed E-state index contributed by atoms with van der Waals surface area (Å²) in [4.78, 5) is 32.9. The number of hydrogen-bond donors (Lipinski definition) is 0. The Morgan fingerprint density at radius 3 is 2.45 bits per heavy atom. The van der Waals surface area contributed by atoms with Gasteiger partial charge in [-0.15, -0.1) is 0 Å². The van der Waals surface area contributed by atoms with Crippen LogP contribution in [0.1, 0.15) is 60.5 Å². The van der Waals surface area contributed by atoms with Crippen LogP contribution in [-0.2, 0) is 9.53 Å². The van der Waals surface area contributed by atoms with Gasteiger partial charge in [-0.2, -0.15) is 0 Å². The lowest BCUT2D eigenvalue weighted by Crippen LogP contribution is -2.40. The van der Waals surface area contributed by atoms with E-state index in [4.69, 9.17) is 9.73 Å². The first kappa shape index (κ1) is 25.6. The van der Waals surface area contributed by atoms with E-state index in [1.54, 1.807) is 11.5 Å². The molecule has 1 atom stereocenters. The SMILES string of the molecule is CCOC(=O)C1=C(c2ccccc2)N=c2s/c(=C/c3cccc(C)c3)c(=O)n2[C@@H]1c1ccc(C(C)C)cc1. The Bertz CT molecular complexity index is 1690. The zero-order chi connectivity index (χ0) is 26.8. The number of thiazole rings is 1. The molecule has 2 heterocycles. The number of esters is 1. The fraction of sp³-hybridized carbons (Fsp3) is 0.219. The minimum atomic E-state index is -0.665. The van der Waals surface area contributed by atoms with Crippen LogP contribution in [0.3, 0.4) is 0 Å². The van der Waals surface area contributed by atoms with Gasteiger partial charge in [-0.25, -0.2) is 9.79 Å².